The summed E-state index contributed by atoms with van der Waals surface area (Å²) in [5.74, 6) is -1.11. The van der Waals surface area contributed by atoms with E-state index >= 15 is 0 Å². The molecule has 2 atom stereocenters. The second-order valence-corrected chi connectivity index (χ2v) is 7.42. The van der Waals surface area contributed by atoms with E-state index in [4.69, 9.17) is 23.2 Å². The number of anilines is 1. The summed E-state index contributed by atoms with van der Waals surface area (Å²) in [6, 6.07) is 11.9. The van der Waals surface area contributed by atoms with E-state index in [2.05, 4.69) is 10.6 Å². The fourth-order valence-corrected chi connectivity index (χ4v) is 3.94. The van der Waals surface area contributed by atoms with Crippen molar-refractivity contribution in [3.05, 3.63) is 63.6 Å². The number of hydrogen-bond donors (Lipinski definition) is 3. The SMILES string of the molecule is O=C(CCCc1ccccc1)N[C@@H]1C[C@@H](C(=O)O)Nc2cc(Cl)cc(Cl)c21. The highest BCUT2D eigenvalue weighted by Crippen LogP contribution is 2.39. The van der Waals surface area contributed by atoms with Gasteiger partial charge in [-0.2, -0.15) is 0 Å². The molecule has 1 heterocycles. The maximum absolute atomic E-state index is 12.4. The molecule has 3 N–H and O–H groups in total. The van der Waals surface area contributed by atoms with Crippen molar-refractivity contribution in [2.45, 2.75) is 37.8 Å². The number of carbonyl (C=O) groups excluding carboxylic acids is 1. The van der Waals surface area contributed by atoms with Gasteiger partial charge in [-0.25, -0.2) is 4.79 Å². The zero-order chi connectivity index (χ0) is 19.4. The van der Waals surface area contributed by atoms with E-state index in [1.165, 1.54) is 5.56 Å². The first-order valence-corrected chi connectivity index (χ1v) is 9.51. The molecular formula is C20H20Cl2N2O3. The molecule has 2 aromatic carbocycles. The van der Waals surface area contributed by atoms with Gasteiger partial charge in [-0.05, 0) is 30.5 Å². The predicted molar refractivity (Wildman–Crippen MR) is 106 cm³/mol. The Balaban J connectivity index is 1.68. The lowest BCUT2D eigenvalue weighted by atomic mass is 9.92. The Kier molecular flexibility index (Phi) is 6.24. The normalized spacial score (nSPS) is 18.3. The first kappa shape index (κ1) is 19.5. The standard InChI is InChI=1S/C20H20Cl2N2O3/c21-13-9-14(22)19-15(10-13)23-17(20(26)27)11-16(19)24-18(25)8-4-7-12-5-2-1-3-6-12/h1-3,5-6,9-10,16-17,23H,4,7-8,11H2,(H,24,25)(H,26,27)/t16-,17+/m1/s1. The van der Waals surface area contributed by atoms with E-state index < -0.39 is 18.1 Å². The van der Waals surface area contributed by atoms with Crippen LogP contribution in [0.1, 0.15) is 36.4 Å². The van der Waals surface area contributed by atoms with Crippen LogP contribution in [0.2, 0.25) is 10.0 Å². The molecule has 0 fully saturated rings. The number of benzene rings is 2. The molecule has 27 heavy (non-hydrogen) atoms. The Morgan fingerprint density at radius 1 is 1.19 bits per heavy atom. The second kappa shape index (κ2) is 8.63. The van der Waals surface area contributed by atoms with Crippen LogP contribution in [0.15, 0.2) is 42.5 Å². The van der Waals surface area contributed by atoms with Gasteiger partial charge in [0.2, 0.25) is 5.91 Å². The Morgan fingerprint density at radius 2 is 1.93 bits per heavy atom. The monoisotopic (exact) mass is 406 g/mol. The van der Waals surface area contributed by atoms with Gasteiger partial charge in [-0.15, -0.1) is 0 Å². The smallest absolute Gasteiger partial charge is 0.326 e. The molecule has 7 heteroatoms. The van der Waals surface area contributed by atoms with Crippen LogP contribution < -0.4 is 10.6 Å². The number of halogens is 2. The van der Waals surface area contributed by atoms with Gasteiger partial charge in [-0.3, -0.25) is 4.79 Å². The number of nitrogens with one attached hydrogen (secondary N) is 2. The summed E-state index contributed by atoms with van der Waals surface area (Å²) < 4.78 is 0. The molecule has 0 spiro atoms. The van der Waals surface area contributed by atoms with Crippen molar-refractivity contribution in [3.63, 3.8) is 0 Å². The van der Waals surface area contributed by atoms with E-state index in [-0.39, 0.29) is 12.3 Å². The number of aliphatic carboxylic acids is 1. The number of hydrogen-bond acceptors (Lipinski definition) is 3. The maximum Gasteiger partial charge on any atom is 0.326 e. The zero-order valence-electron chi connectivity index (χ0n) is 14.5. The van der Waals surface area contributed by atoms with Gasteiger partial charge in [0, 0.05) is 34.1 Å². The molecular weight excluding hydrogens is 387 g/mol. The summed E-state index contributed by atoms with van der Waals surface area (Å²) in [7, 11) is 0. The summed E-state index contributed by atoms with van der Waals surface area (Å²) in [6.45, 7) is 0. The molecule has 1 aliphatic rings. The molecule has 0 bridgehead atoms. The van der Waals surface area contributed by atoms with Crippen molar-refractivity contribution < 1.29 is 14.7 Å². The third kappa shape index (κ3) is 4.93. The van der Waals surface area contributed by atoms with E-state index in [0.717, 1.165) is 6.42 Å². The van der Waals surface area contributed by atoms with E-state index in [0.29, 0.717) is 34.1 Å². The molecule has 0 radical (unpaired) electrons. The highest BCUT2D eigenvalue weighted by Gasteiger charge is 2.33. The van der Waals surface area contributed by atoms with E-state index in [1.807, 2.05) is 30.3 Å². The summed E-state index contributed by atoms with van der Waals surface area (Å²) in [6.07, 6.45) is 2.10. The van der Waals surface area contributed by atoms with Crippen LogP contribution in [0.3, 0.4) is 0 Å². The Bertz CT molecular complexity index is 843. The fourth-order valence-electron chi connectivity index (χ4n) is 3.32. The third-order valence-electron chi connectivity index (χ3n) is 4.59. The van der Waals surface area contributed by atoms with E-state index in [1.54, 1.807) is 12.1 Å². The third-order valence-corrected chi connectivity index (χ3v) is 5.12. The fraction of sp³-hybridized carbons (Fsp3) is 0.300. The molecule has 1 amide bonds. The van der Waals surface area contributed by atoms with Crippen molar-refractivity contribution in [2.24, 2.45) is 0 Å². The quantitative estimate of drug-likeness (QED) is 0.662. The maximum atomic E-state index is 12.4. The molecule has 1 aliphatic heterocycles. The highest BCUT2D eigenvalue weighted by molar-refractivity contribution is 6.35. The predicted octanol–water partition coefficient (Wildman–Crippen LogP) is 4.44. The van der Waals surface area contributed by atoms with Gasteiger partial charge in [0.15, 0.2) is 0 Å². The van der Waals surface area contributed by atoms with Gasteiger partial charge in [0.1, 0.15) is 6.04 Å². The Hall–Kier alpha value is -2.24. The van der Waals surface area contributed by atoms with Crippen LogP contribution in [0.5, 0.6) is 0 Å². The highest BCUT2D eigenvalue weighted by atomic mass is 35.5. The molecule has 0 saturated carbocycles. The average molecular weight is 407 g/mol. The lowest BCUT2D eigenvalue weighted by Gasteiger charge is -2.32. The number of aryl methyl sites for hydroxylation is 1. The van der Waals surface area contributed by atoms with Crippen LogP contribution in [0.4, 0.5) is 5.69 Å². The summed E-state index contributed by atoms with van der Waals surface area (Å²) in [4.78, 5) is 23.9. The van der Waals surface area contributed by atoms with Crippen LogP contribution in [0.25, 0.3) is 0 Å². The minimum atomic E-state index is -0.986. The molecule has 3 rings (SSSR count). The number of carbonyl (C=O) groups is 2. The van der Waals surface area contributed by atoms with Gasteiger partial charge in [-0.1, -0.05) is 53.5 Å². The van der Waals surface area contributed by atoms with Crippen LogP contribution in [0, 0.1) is 0 Å². The number of amides is 1. The van der Waals surface area contributed by atoms with Gasteiger partial charge >= 0.3 is 5.97 Å². The van der Waals surface area contributed by atoms with Crippen molar-refractivity contribution >= 4 is 40.8 Å². The molecule has 5 nitrogen and oxygen atoms in total. The molecule has 0 aliphatic carbocycles. The Labute approximate surface area is 167 Å². The van der Waals surface area contributed by atoms with Crippen molar-refractivity contribution in [3.8, 4) is 0 Å². The molecule has 142 valence electrons. The van der Waals surface area contributed by atoms with Gasteiger partial charge < -0.3 is 15.7 Å². The zero-order valence-corrected chi connectivity index (χ0v) is 16.1. The van der Waals surface area contributed by atoms with Crippen molar-refractivity contribution in [1.82, 2.24) is 5.32 Å². The average Bonchev–Trinajstić information content (AvgIpc) is 2.61. The number of carboxylic acid groups (broad SMARTS) is 1. The van der Waals surface area contributed by atoms with Crippen molar-refractivity contribution in [2.75, 3.05) is 5.32 Å². The number of fused-ring (bicyclic) bond motifs is 1. The lowest BCUT2D eigenvalue weighted by molar-refractivity contribution is -0.138. The first-order valence-electron chi connectivity index (χ1n) is 8.75. The minimum Gasteiger partial charge on any atom is -0.480 e. The van der Waals surface area contributed by atoms with Crippen LogP contribution in [-0.4, -0.2) is 23.0 Å². The number of carboxylic acids is 1. The largest absolute Gasteiger partial charge is 0.480 e. The topological polar surface area (TPSA) is 78.4 Å². The summed E-state index contributed by atoms with van der Waals surface area (Å²) in [5, 5.41) is 16.1. The van der Waals surface area contributed by atoms with Crippen LogP contribution in [-0.2, 0) is 16.0 Å². The lowest BCUT2D eigenvalue weighted by Crippen LogP contribution is -2.41. The van der Waals surface area contributed by atoms with Gasteiger partial charge in [0.25, 0.3) is 0 Å². The second-order valence-electron chi connectivity index (χ2n) is 6.58. The summed E-state index contributed by atoms with van der Waals surface area (Å²) in [5.41, 5.74) is 2.40. The number of rotatable bonds is 6. The first-order chi connectivity index (χ1) is 12.9. The molecule has 0 unspecified atom stereocenters. The minimum absolute atomic E-state index is 0.126. The van der Waals surface area contributed by atoms with Crippen molar-refractivity contribution in [1.29, 1.82) is 0 Å². The summed E-state index contributed by atoms with van der Waals surface area (Å²) >= 11 is 12.3. The van der Waals surface area contributed by atoms with Gasteiger partial charge in [0.05, 0.1) is 6.04 Å². The van der Waals surface area contributed by atoms with Crippen LogP contribution >= 0.6 is 23.2 Å². The molecule has 0 saturated heterocycles. The molecule has 2 aromatic rings. The molecule has 0 aromatic heterocycles. The Morgan fingerprint density at radius 3 is 2.63 bits per heavy atom. The van der Waals surface area contributed by atoms with E-state index in [9.17, 15) is 14.7 Å².